The summed E-state index contributed by atoms with van der Waals surface area (Å²) in [5, 5.41) is 29.7. The highest BCUT2D eigenvalue weighted by Gasteiger charge is 2.38. The van der Waals surface area contributed by atoms with Gasteiger partial charge in [-0.3, -0.25) is 0 Å². The summed E-state index contributed by atoms with van der Waals surface area (Å²) in [6, 6.07) is 10.3. The van der Waals surface area contributed by atoms with Crippen molar-refractivity contribution in [1.82, 2.24) is 5.32 Å². The Morgan fingerprint density at radius 1 is 1.00 bits per heavy atom. The summed E-state index contributed by atoms with van der Waals surface area (Å²) in [5.41, 5.74) is 0.567. The molecule has 1 fully saturated rings. The Balaban J connectivity index is 0.000000396. The molecule has 1 aliphatic heterocycles. The van der Waals surface area contributed by atoms with Crippen molar-refractivity contribution in [1.29, 1.82) is 0 Å². The van der Waals surface area contributed by atoms with E-state index < -0.39 is 36.1 Å². The molecule has 2 aromatic carbocycles. The zero-order valence-electron chi connectivity index (χ0n) is 15.2. The fraction of sp³-hybridized carbons (Fsp3) is 0.316. The molecule has 0 aromatic heterocycles. The lowest BCUT2D eigenvalue weighted by Gasteiger charge is -2.38. The summed E-state index contributed by atoms with van der Waals surface area (Å²) in [7, 11) is 0. The summed E-state index contributed by atoms with van der Waals surface area (Å²) < 4.78 is 70.0. The maximum absolute atomic E-state index is 12.8. The third-order valence-corrected chi connectivity index (χ3v) is 4.41. The summed E-state index contributed by atoms with van der Waals surface area (Å²) in [6.45, 7) is 0.484. The van der Waals surface area contributed by atoms with Gasteiger partial charge in [0.1, 0.15) is 5.60 Å². The number of carbonyl (C=O) groups is 1. The van der Waals surface area contributed by atoms with E-state index >= 15 is 0 Å². The fourth-order valence-corrected chi connectivity index (χ4v) is 2.71. The van der Waals surface area contributed by atoms with E-state index in [0.29, 0.717) is 24.2 Å². The van der Waals surface area contributed by atoms with Gasteiger partial charge >= 0.3 is 18.3 Å². The normalized spacial score (nSPS) is 15.6. The molecule has 4 N–H and O–H groups in total. The second-order valence-electron chi connectivity index (χ2n) is 6.54. The molecule has 0 bridgehead atoms. The van der Waals surface area contributed by atoms with Gasteiger partial charge in [0.25, 0.3) is 0 Å². The summed E-state index contributed by atoms with van der Waals surface area (Å²) in [6.07, 6.45) is -9.52. The van der Waals surface area contributed by atoms with Gasteiger partial charge in [-0.25, -0.2) is 4.79 Å². The Bertz CT molecular complexity index is 889. The number of β-amino-alcohol motifs (C(OH)–C–C–N with tert-alkyl or cyclic N) is 1. The van der Waals surface area contributed by atoms with Crippen LogP contribution >= 0.6 is 0 Å². The molecule has 0 spiro atoms. The molecular formula is C19H17F6NO4. The zero-order chi connectivity index (χ0) is 22.7. The van der Waals surface area contributed by atoms with E-state index in [0.717, 1.165) is 17.7 Å². The Hall–Kier alpha value is -2.63. The highest BCUT2D eigenvalue weighted by molar-refractivity contribution is 5.73. The molecule has 0 aliphatic carbocycles. The van der Waals surface area contributed by atoms with Crippen molar-refractivity contribution in [3.63, 3.8) is 0 Å². The summed E-state index contributed by atoms with van der Waals surface area (Å²) in [5.74, 6) is -2.76. The number of alkyl halides is 6. The van der Waals surface area contributed by atoms with Crippen LogP contribution in [0.15, 0.2) is 42.5 Å². The van der Waals surface area contributed by atoms with Crippen LogP contribution in [0, 0.1) is 0 Å². The SMILES string of the molecule is O=C(O)C(F)(F)F.OCc1cc(C(F)(F)F)ccc1-c1ccc(C2(O)CNC2)cc1. The van der Waals surface area contributed by atoms with Crippen molar-refractivity contribution in [3.8, 4) is 11.1 Å². The maximum atomic E-state index is 12.8. The fourth-order valence-electron chi connectivity index (χ4n) is 2.71. The number of aliphatic hydroxyl groups is 2. The molecule has 164 valence electrons. The number of carboxylic acid groups (broad SMARTS) is 1. The Morgan fingerprint density at radius 3 is 1.90 bits per heavy atom. The molecule has 0 radical (unpaired) electrons. The quantitative estimate of drug-likeness (QED) is 0.554. The van der Waals surface area contributed by atoms with Crippen molar-refractivity contribution in [2.75, 3.05) is 13.1 Å². The third-order valence-electron chi connectivity index (χ3n) is 4.41. The summed E-state index contributed by atoms with van der Waals surface area (Å²) >= 11 is 0. The lowest BCUT2D eigenvalue weighted by Crippen LogP contribution is -2.56. The number of aliphatic carboxylic acids is 1. The first-order valence-electron chi connectivity index (χ1n) is 8.43. The number of nitrogens with one attached hydrogen (secondary N) is 1. The number of hydrogen-bond acceptors (Lipinski definition) is 4. The number of aliphatic hydroxyl groups excluding tert-OH is 1. The van der Waals surface area contributed by atoms with Gasteiger partial charge in [0.15, 0.2) is 0 Å². The number of benzene rings is 2. The third kappa shape index (κ3) is 5.49. The molecule has 5 nitrogen and oxygen atoms in total. The second-order valence-corrected chi connectivity index (χ2v) is 6.54. The van der Waals surface area contributed by atoms with E-state index in [2.05, 4.69) is 5.32 Å². The van der Waals surface area contributed by atoms with E-state index in [-0.39, 0.29) is 5.56 Å². The molecule has 0 unspecified atom stereocenters. The molecule has 0 atom stereocenters. The van der Waals surface area contributed by atoms with Gasteiger partial charge in [0, 0.05) is 13.1 Å². The van der Waals surface area contributed by atoms with Crippen molar-refractivity contribution in [2.45, 2.75) is 24.6 Å². The van der Waals surface area contributed by atoms with E-state index in [1.807, 2.05) is 0 Å². The summed E-state index contributed by atoms with van der Waals surface area (Å²) in [4.78, 5) is 8.90. The smallest absolute Gasteiger partial charge is 0.475 e. The lowest BCUT2D eigenvalue weighted by molar-refractivity contribution is -0.192. The average molecular weight is 437 g/mol. The Morgan fingerprint density at radius 2 is 1.53 bits per heavy atom. The molecule has 3 rings (SSSR count). The Labute approximate surface area is 166 Å². The van der Waals surface area contributed by atoms with Crippen LogP contribution in [0.5, 0.6) is 0 Å². The predicted molar refractivity (Wildman–Crippen MR) is 93.3 cm³/mol. The number of hydrogen-bond donors (Lipinski definition) is 4. The largest absolute Gasteiger partial charge is 0.490 e. The zero-order valence-corrected chi connectivity index (χ0v) is 15.2. The number of carboxylic acids is 1. The van der Waals surface area contributed by atoms with Crippen molar-refractivity contribution >= 4 is 5.97 Å². The molecule has 1 saturated heterocycles. The standard InChI is InChI=1S/C17H16F3NO2.C2HF3O2/c18-17(19,20)14-5-6-15(12(7-14)8-22)11-1-3-13(4-2-11)16(23)9-21-10-16;3-2(4,5)1(6)7/h1-7,21-23H,8-10H2;(H,6,7). The van der Waals surface area contributed by atoms with Gasteiger partial charge in [0.2, 0.25) is 0 Å². The first-order valence-corrected chi connectivity index (χ1v) is 8.43. The van der Waals surface area contributed by atoms with Crippen LogP contribution < -0.4 is 5.32 Å². The molecule has 0 amide bonds. The van der Waals surface area contributed by atoms with Crippen LogP contribution in [-0.2, 0) is 23.2 Å². The molecule has 1 aliphatic rings. The predicted octanol–water partition coefficient (Wildman–Crippen LogP) is 3.29. The van der Waals surface area contributed by atoms with Gasteiger partial charge in [-0.2, -0.15) is 26.3 Å². The molecule has 2 aromatic rings. The average Bonchev–Trinajstić information content (AvgIpc) is 2.64. The van der Waals surface area contributed by atoms with Crippen molar-refractivity contribution < 1.29 is 46.5 Å². The molecule has 1 heterocycles. The van der Waals surface area contributed by atoms with Gasteiger partial charge in [-0.05, 0) is 34.4 Å². The second kappa shape index (κ2) is 8.62. The Kier molecular flexibility index (Phi) is 6.80. The van der Waals surface area contributed by atoms with Crippen LogP contribution in [0.1, 0.15) is 16.7 Å². The minimum absolute atomic E-state index is 0.219. The van der Waals surface area contributed by atoms with E-state index in [9.17, 15) is 36.6 Å². The monoisotopic (exact) mass is 437 g/mol. The molecule has 0 saturated carbocycles. The molecule has 30 heavy (non-hydrogen) atoms. The molecular weight excluding hydrogens is 420 g/mol. The van der Waals surface area contributed by atoms with Crippen LogP contribution in [0.2, 0.25) is 0 Å². The van der Waals surface area contributed by atoms with Crippen LogP contribution in [-0.4, -0.2) is 40.6 Å². The minimum atomic E-state index is -5.08. The first-order chi connectivity index (χ1) is 13.8. The van der Waals surface area contributed by atoms with Crippen LogP contribution in [0.3, 0.4) is 0 Å². The minimum Gasteiger partial charge on any atom is -0.475 e. The van der Waals surface area contributed by atoms with Crippen LogP contribution in [0.4, 0.5) is 26.3 Å². The van der Waals surface area contributed by atoms with Gasteiger partial charge in [0.05, 0.1) is 12.2 Å². The van der Waals surface area contributed by atoms with E-state index in [1.165, 1.54) is 6.07 Å². The highest BCUT2D eigenvalue weighted by atomic mass is 19.4. The topological polar surface area (TPSA) is 89.8 Å². The first kappa shape index (κ1) is 23.6. The van der Waals surface area contributed by atoms with E-state index in [1.54, 1.807) is 24.3 Å². The maximum Gasteiger partial charge on any atom is 0.490 e. The van der Waals surface area contributed by atoms with Crippen molar-refractivity contribution in [2.24, 2.45) is 0 Å². The van der Waals surface area contributed by atoms with Gasteiger partial charge in [-0.15, -0.1) is 0 Å². The van der Waals surface area contributed by atoms with Crippen LogP contribution in [0.25, 0.3) is 11.1 Å². The van der Waals surface area contributed by atoms with Gasteiger partial charge < -0.3 is 20.6 Å². The molecule has 11 heteroatoms. The van der Waals surface area contributed by atoms with E-state index in [4.69, 9.17) is 9.90 Å². The highest BCUT2D eigenvalue weighted by Crippen LogP contribution is 2.34. The number of halogens is 6. The van der Waals surface area contributed by atoms with Crippen molar-refractivity contribution in [3.05, 3.63) is 59.2 Å². The number of rotatable bonds is 3. The van der Waals surface area contributed by atoms with Gasteiger partial charge in [-0.1, -0.05) is 30.3 Å². The lowest BCUT2D eigenvalue weighted by atomic mass is 9.87.